The Labute approximate surface area is 219 Å². The van der Waals surface area contributed by atoms with Crippen molar-refractivity contribution >= 4 is 40.8 Å². The van der Waals surface area contributed by atoms with Gasteiger partial charge in [-0.1, -0.05) is 42.8 Å². The van der Waals surface area contributed by atoms with E-state index < -0.39 is 16.8 Å². The van der Waals surface area contributed by atoms with Crippen LogP contribution in [0.25, 0.3) is 0 Å². The van der Waals surface area contributed by atoms with Crippen molar-refractivity contribution in [2.45, 2.75) is 38.5 Å². The molecule has 1 heterocycles. The van der Waals surface area contributed by atoms with Gasteiger partial charge in [-0.25, -0.2) is 4.79 Å². The number of Topliss-reactive ketones (excluding diaryl/α,β-unsaturated/α-hetero) is 1. The number of allylic oxidation sites excluding steroid dienone is 3. The van der Waals surface area contributed by atoms with Gasteiger partial charge in [0.15, 0.2) is 5.78 Å². The van der Waals surface area contributed by atoms with Crippen LogP contribution in [0, 0.1) is 10.1 Å². The third-order valence-electron chi connectivity index (χ3n) is 6.47. The van der Waals surface area contributed by atoms with Gasteiger partial charge in [0.2, 0.25) is 0 Å². The maximum atomic E-state index is 13.6. The molecule has 1 N–H and O–H groups in total. The third kappa shape index (κ3) is 5.50. The number of halogens is 1. The average Bonchev–Trinajstić information content (AvgIpc) is 2.86. The van der Waals surface area contributed by atoms with Crippen LogP contribution in [0.1, 0.15) is 49.7 Å². The fourth-order valence-electron chi connectivity index (χ4n) is 4.85. The molecule has 36 heavy (non-hydrogen) atoms. The van der Waals surface area contributed by atoms with E-state index in [2.05, 4.69) is 5.32 Å². The van der Waals surface area contributed by atoms with Crippen LogP contribution in [0.2, 0.25) is 5.02 Å². The van der Waals surface area contributed by atoms with Crippen LogP contribution >= 0.6 is 23.4 Å². The van der Waals surface area contributed by atoms with Crippen LogP contribution < -0.4 is 5.32 Å². The normalized spacial score (nSPS) is 19.6. The van der Waals surface area contributed by atoms with Crippen molar-refractivity contribution in [3.63, 3.8) is 0 Å². The van der Waals surface area contributed by atoms with E-state index >= 15 is 0 Å². The highest BCUT2D eigenvalue weighted by atomic mass is 35.5. The number of carbonyl (C=O) groups is 2. The molecule has 9 heteroatoms. The second-order valence-corrected chi connectivity index (χ2v) is 10.6. The lowest BCUT2D eigenvalue weighted by Crippen LogP contribution is -2.36. The SMILES string of the molecule is CCSCCOC(=O)C1=C(C)NC2=C(C(=O)C[C@H](c3ccc(Cl)cc3)C2)[C@H]1c1cccc([N+](=O)[O-])c1. The van der Waals surface area contributed by atoms with Gasteiger partial charge in [-0.15, -0.1) is 0 Å². The number of esters is 1. The van der Waals surface area contributed by atoms with Gasteiger partial charge in [-0.2, -0.15) is 11.8 Å². The number of nitrogens with one attached hydrogen (secondary N) is 1. The van der Waals surface area contributed by atoms with E-state index in [0.29, 0.717) is 39.6 Å². The first-order chi connectivity index (χ1) is 17.3. The zero-order chi connectivity index (χ0) is 25.8. The van der Waals surface area contributed by atoms with E-state index in [-0.39, 0.29) is 30.4 Å². The van der Waals surface area contributed by atoms with Gasteiger partial charge in [0.1, 0.15) is 6.61 Å². The summed E-state index contributed by atoms with van der Waals surface area (Å²) in [6.45, 7) is 4.05. The first-order valence-electron chi connectivity index (χ1n) is 11.8. The van der Waals surface area contributed by atoms with Gasteiger partial charge in [0.25, 0.3) is 5.69 Å². The molecule has 1 aliphatic carbocycles. The number of nitro groups is 1. The summed E-state index contributed by atoms with van der Waals surface area (Å²) in [6, 6.07) is 13.6. The summed E-state index contributed by atoms with van der Waals surface area (Å²) >= 11 is 7.70. The van der Waals surface area contributed by atoms with Crippen LogP contribution in [0.5, 0.6) is 0 Å². The van der Waals surface area contributed by atoms with Gasteiger partial charge >= 0.3 is 5.97 Å². The van der Waals surface area contributed by atoms with E-state index in [1.807, 2.05) is 31.2 Å². The highest BCUT2D eigenvalue weighted by Gasteiger charge is 2.41. The molecule has 0 aromatic heterocycles. The fraction of sp³-hybridized carbons (Fsp3) is 0.333. The van der Waals surface area contributed by atoms with Gasteiger partial charge in [0.05, 0.1) is 10.5 Å². The highest BCUT2D eigenvalue weighted by molar-refractivity contribution is 7.99. The number of hydrogen-bond acceptors (Lipinski definition) is 7. The Bertz CT molecular complexity index is 1260. The van der Waals surface area contributed by atoms with Gasteiger partial charge in [-0.05, 0) is 48.3 Å². The maximum absolute atomic E-state index is 13.6. The largest absolute Gasteiger partial charge is 0.461 e. The van der Waals surface area contributed by atoms with Crippen LogP contribution in [0.3, 0.4) is 0 Å². The molecule has 1 aliphatic heterocycles. The molecule has 7 nitrogen and oxygen atoms in total. The number of carbonyl (C=O) groups excluding carboxylic acids is 2. The predicted molar refractivity (Wildman–Crippen MR) is 141 cm³/mol. The van der Waals surface area contributed by atoms with E-state index in [1.165, 1.54) is 12.1 Å². The third-order valence-corrected chi connectivity index (χ3v) is 7.58. The molecule has 188 valence electrons. The lowest BCUT2D eigenvalue weighted by Gasteiger charge is -2.36. The Morgan fingerprint density at radius 3 is 2.64 bits per heavy atom. The summed E-state index contributed by atoms with van der Waals surface area (Å²) in [5, 5.41) is 15.4. The van der Waals surface area contributed by atoms with Crippen molar-refractivity contribution in [2.24, 2.45) is 0 Å². The summed E-state index contributed by atoms with van der Waals surface area (Å²) in [7, 11) is 0. The molecule has 2 aromatic carbocycles. The zero-order valence-electron chi connectivity index (χ0n) is 20.1. The molecule has 2 aliphatic rings. The lowest BCUT2D eigenvalue weighted by molar-refractivity contribution is -0.384. The number of benzene rings is 2. The number of nitrogens with zero attached hydrogens (tertiary/aromatic N) is 1. The predicted octanol–water partition coefficient (Wildman–Crippen LogP) is 5.91. The topological polar surface area (TPSA) is 98.5 Å². The summed E-state index contributed by atoms with van der Waals surface area (Å²) in [5.74, 6) is 0.174. The van der Waals surface area contributed by atoms with Crippen molar-refractivity contribution in [2.75, 3.05) is 18.1 Å². The number of ketones is 1. The Balaban J connectivity index is 1.74. The Morgan fingerprint density at radius 1 is 1.19 bits per heavy atom. The standard InChI is InChI=1S/C27H27ClN2O5S/c1-3-36-12-11-35-27(32)24-16(2)29-22-14-19(17-7-9-20(28)10-8-17)15-23(31)26(22)25(24)18-5-4-6-21(13-18)30(33)34/h4-10,13,19,25,29H,3,11-12,14-15H2,1-2H3/t19-,25+/m1/s1. The number of ether oxygens (including phenoxy) is 1. The molecule has 0 bridgehead atoms. The Kier molecular flexibility index (Phi) is 8.16. The smallest absolute Gasteiger partial charge is 0.336 e. The second-order valence-electron chi connectivity index (χ2n) is 8.75. The minimum atomic E-state index is -0.744. The Morgan fingerprint density at radius 2 is 1.94 bits per heavy atom. The molecular formula is C27H27ClN2O5S. The molecule has 0 unspecified atom stereocenters. The first-order valence-corrected chi connectivity index (χ1v) is 13.3. The van der Waals surface area contributed by atoms with E-state index in [0.717, 1.165) is 17.0 Å². The highest BCUT2D eigenvalue weighted by Crippen LogP contribution is 2.46. The molecule has 2 atom stereocenters. The van der Waals surface area contributed by atoms with E-state index in [1.54, 1.807) is 30.8 Å². The lowest BCUT2D eigenvalue weighted by atomic mass is 9.71. The number of hydrogen-bond donors (Lipinski definition) is 1. The summed E-state index contributed by atoms with van der Waals surface area (Å²) < 4.78 is 5.56. The minimum Gasteiger partial charge on any atom is -0.461 e. The maximum Gasteiger partial charge on any atom is 0.336 e. The fourth-order valence-corrected chi connectivity index (χ4v) is 5.46. The van der Waals surface area contributed by atoms with Crippen molar-refractivity contribution in [1.29, 1.82) is 0 Å². The number of nitro benzene ring substituents is 1. The van der Waals surface area contributed by atoms with Gasteiger partial charge in [-0.3, -0.25) is 14.9 Å². The van der Waals surface area contributed by atoms with Crippen LogP contribution in [0.15, 0.2) is 71.1 Å². The monoisotopic (exact) mass is 526 g/mol. The second kappa shape index (κ2) is 11.3. The Hall–Kier alpha value is -3.10. The molecule has 0 spiro atoms. The molecule has 0 amide bonds. The molecule has 0 saturated carbocycles. The van der Waals surface area contributed by atoms with Crippen molar-refractivity contribution < 1.29 is 19.2 Å². The number of non-ortho nitro benzene ring substituents is 1. The molecular weight excluding hydrogens is 500 g/mol. The molecule has 2 aromatic rings. The molecule has 0 radical (unpaired) electrons. The quantitative estimate of drug-likeness (QED) is 0.198. The number of rotatable bonds is 8. The first kappa shape index (κ1) is 26.0. The molecule has 0 fully saturated rings. The van der Waals surface area contributed by atoms with Gasteiger partial charge < -0.3 is 10.1 Å². The summed E-state index contributed by atoms with van der Waals surface area (Å²) in [5.41, 5.74) is 3.54. The van der Waals surface area contributed by atoms with Crippen LogP contribution in [0.4, 0.5) is 5.69 Å². The van der Waals surface area contributed by atoms with Crippen LogP contribution in [-0.4, -0.2) is 34.8 Å². The average molecular weight is 527 g/mol. The van der Waals surface area contributed by atoms with Crippen molar-refractivity contribution in [3.8, 4) is 0 Å². The summed E-state index contributed by atoms with van der Waals surface area (Å²) in [4.78, 5) is 37.9. The van der Waals surface area contributed by atoms with Crippen molar-refractivity contribution in [3.05, 3.63) is 97.3 Å². The molecule has 0 saturated heterocycles. The number of dihydropyridines is 1. The van der Waals surface area contributed by atoms with Crippen LogP contribution in [-0.2, 0) is 14.3 Å². The number of thioether (sulfide) groups is 1. The van der Waals surface area contributed by atoms with E-state index in [4.69, 9.17) is 16.3 Å². The summed E-state index contributed by atoms with van der Waals surface area (Å²) in [6.07, 6.45) is 0.836. The van der Waals surface area contributed by atoms with Crippen molar-refractivity contribution in [1.82, 2.24) is 5.32 Å². The zero-order valence-corrected chi connectivity index (χ0v) is 21.7. The molecule has 4 rings (SSSR count). The minimum absolute atomic E-state index is 0.0425. The van der Waals surface area contributed by atoms with Gasteiger partial charge in [0, 0.05) is 52.2 Å². The van der Waals surface area contributed by atoms with E-state index in [9.17, 15) is 19.7 Å².